The van der Waals surface area contributed by atoms with Crippen molar-refractivity contribution in [3.8, 4) is 0 Å². The lowest BCUT2D eigenvalue weighted by molar-refractivity contribution is 0.0239. The van der Waals surface area contributed by atoms with Crippen LogP contribution in [-0.4, -0.2) is 31.9 Å². The molecule has 1 atom stereocenters. The maximum Gasteiger partial charge on any atom is 0.289 e. The first-order chi connectivity index (χ1) is 11.2. The van der Waals surface area contributed by atoms with E-state index in [2.05, 4.69) is 15.5 Å². The normalized spacial score (nSPS) is 24.6. The molecular weight excluding hydrogens is 312 g/mol. The number of aromatic nitrogens is 3. The molecule has 2 N–H and O–H groups in total. The Morgan fingerprint density at radius 2 is 2.26 bits per heavy atom. The minimum Gasteiger partial charge on any atom is -0.393 e. The van der Waals surface area contributed by atoms with Crippen LogP contribution in [0.5, 0.6) is 0 Å². The first kappa shape index (κ1) is 14.8. The number of aliphatic hydroxyl groups is 1. The van der Waals surface area contributed by atoms with Crippen LogP contribution in [0.1, 0.15) is 53.0 Å². The van der Waals surface area contributed by atoms with Gasteiger partial charge >= 0.3 is 0 Å². The fourth-order valence-corrected chi connectivity index (χ4v) is 4.34. The highest BCUT2D eigenvalue weighted by atomic mass is 32.1. The predicted octanol–water partition coefficient (Wildman–Crippen LogP) is 1.92. The van der Waals surface area contributed by atoms with Crippen molar-refractivity contribution in [3.05, 3.63) is 34.0 Å². The van der Waals surface area contributed by atoms with Gasteiger partial charge in [-0.1, -0.05) is 6.07 Å². The average Bonchev–Trinajstić information content (AvgIpc) is 3.18. The third-order valence-electron chi connectivity index (χ3n) is 4.82. The molecule has 4 rings (SSSR count). The zero-order chi connectivity index (χ0) is 15.8. The zero-order valence-corrected chi connectivity index (χ0v) is 13.6. The lowest BCUT2D eigenvalue weighted by Gasteiger charge is -2.37. The number of aliphatic hydroxyl groups excluding tert-OH is 1. The largest absolute Gasteiger partial charge is 0.393 e. The Kier molecular flexibility index (Phi) is 3.90. The number of nitrogens with zero attached hydrogens (tertiary/aromatic N) is 3. The van der Waals surface area contributed by atoms with Crippen LogP contribution in [-0.2, 0) is 13.0 Å². The van der Waals surface area contributed by atoms with Crippen molar-refractivity contribution in [2.45, 2.75) is 50.8 Å². The SMILES string of the molecule is O=C(N[C@@H](c1cccs1)C1CC(O)C1)c1nnc2n1CCCC2. The van der Waals surface area contributed by atoms with E-state index in [0.717, 1.165) is 49.4 Å². The van der Waals surface area contributed by atoms with Crippen LogP contribution < -0.4 is 5.32 Å². The van der Waals surface area contributed by atoms with Gasteiger partial charge in [-0.2, -0.15) is 0 Å². The summed E-state index contributed by atoms with van der Waals surface area (Å²) in [4.78, 5) is 13.9. The summed E-state index contributed by atoms with van der Waals surface area (Å²) in [7, 11) is 0. The smallest absolute Gasteiger partial charge is 0.289 e. The van der Waals surface area contributed by atoms with E-state index >= 15 is 0 Å². The Bertz CT molecular complexity index is 691. The van der Waals surface area contributed by atoms with Gasteiger partial charge in [0.05, 0.1) is 12.1 Å². The summed E-state index contributed by atoms with van der Waals surface area (Å²) in [5.74, 6) is 1.45. The summed E-state index contributed by atoms with van der Waals surface area (Å²) in [6.45, 7) is 0.816. The first-order valence-electron chi connectivity index (χ1n) is 8.17. The molecule has 6 nitrogen and oxygen atoms in total. The van der Waals surface area contributed by atoms with Crippen molar-refractivity contribution in [1.29, 1.82) is 0 Å². The molecule has 0 bridgehead atoms. The number of aryl methyl sites for hydroxylation is 1. The summed E-state index contributed by atoms with van der Waals surface area (Å²) < 4.78 is 1.94. The van der Waals surface area contributed by atoms with Crippen LogP contribution in [0.2, 0.25) is 0 Å². The molecule has 1 fully saturated rings. The second kappa shape index (κ2) is 6.05. The first-order valence-corrected chi connectivity index (χ1v) is 9.05. The van der Waals surface area contributed by atoms with Crippen LogP contribution >= 0.6 is 11.3 Å². The van der Waals surface area contributed by atoms with E-state index in [1.54, 1.807) is 11.3 Å². The van der Waals surface area contributed by atoms with Gasteiger partial charge in [-0.3, -0.25) is 4.79 Å². The van der Waals surface area contributed by atoms with Crippen molar-refractivity contribution in [2.24, 2.45) is 5.92 Å². The van der Waals surface area contributed by atoms with Crippen LogP contribution in [0, 0.1) is 5.92 Å². The molecule has 7 heteroatoms. The Labute approximate surface area is 138 Å². The van der Waals surface area contributed by atoms with Crippen molar-refractivity contribution in [3.63, 3.8) is 0 Å². The van der Waals surface area contributed by atoms with E-state index in [1.165, 1.54) is 0 Å². The lowest BCUT2D eigenvalue weighted by Crippen LogP contribution is -2.41. The lowest BCUT2D eigenvalue weighted by atomic mass is 9.77. The quantitative estimate of drug-likeness (QED) is 0.896. The van der Waals surface area contributed by atoms with E-state index in [9.17, 15) is 9.90 Å². The number of hydrogen-bond donors (Lipinski definition) is 2. The summed E-state index contributed by atoms with van der Waals surface area (Å²) in [6.07, 6.45) is 4.30. The molecule has 1 amide bonds. The van der Waals surface area contributed by atoms with E-state index in [0.29, 0.717) is 5.82 Å². The Morgan fingerprint density at radius 3 is 3.00 bits per heavy atom. The van der Waals surface area contributed by atoms with Crippen molar-refractivity contribution < 1.29 is 9.90 Å². The van der Waals surface area contributed by atoms with Gasteiger partial charge in [-0.25, -0.2) is 0 Å². The number of hydrogen-bond acceptors (Lipinski definition) is 5. The van der Waals surface area contributed by atoms with Gasteiger partial charge in [0.2, 0.25) is 5.82 Å². The molecule has 23 heavy (non-hydrogen) atoms. The molecule has 0 saturated heterocycles. The van der Waals surface area contributed by atoms with Crippen LogP contribution in [0.3, 0.4) is 0 Å². The van der Waals surface area contributed by atoms with Crippen molar-refractivity contribution in [1.82, 2.24) is 20.1 Å². The number of thiophene rings is 1. The summed E-state index contributed by atoms with van der Waals surface area (Å²) in [5.41, 5.74) is 0. The molecule has 2 aliphatic rings. The number of fused-ring (bicyclic) bond motifs is 1. The third-order valence-corrected chi connectivity index (χ3v) is 5.78. The Morgan fingerprint density at radius 1 is 1.39 bits per heavy atom. The van der Waals surface area contributed by atoms with Gasteiger partial charge in [0.25, 0.3) is 5.91 Å². The fraction of sp³-hybridized carbons (Fsp3) is 0.562. The molecule has 1 aliphatic carbocycles. The second-order valence-electron chi connectivity index (χ2n) is 6.40. The molecule has 1 aliphatic heterocycles. The number of carbonyl (C=O) groups is 1. The molecule has 0 aromatic carbocycles. The molecule has 3 heterocycles. The van der Waals surface area contributed by atoms with E-state index in [-0.39, 0.29) is 24.0 Å². The van der Waals surface area contributed by atoms with Crippen molar-refractivity contribution >= 4 is 17.2 Å². The molecule has 2 aromatic rings. The minimum atomic E-state index is -0.236. The maximum absolute atomic E-state index is 12.7. The van der Waals surface area contributed by atoms with Crippen LogP contribution in [0.15, 0.2) is 17.5 Å². The van der Waals surface area contributed by atoms with E-state index < -0.39 is 0 Å². The number of amides is 1. The molecule has 0 radical (unpaired) electrons. The van der Waals surface area contributed by atoms with Crippen LogP contribution in [0.4, 0.5) is 0 Å². The van der Waals surface area contributed by atoms with E-state index in [1.807, 2.05) is 22.1 Å². The summed E-state index contributed by atoms with van der Waals surface area (Å²) in [5, 5.41) is 23.0. The topological polar surface area (TPSA) is 80.0 Å². The van der Waals surface area contributed by atoms with Gasteiger partial charge in [0, 0.05) is 17.8 Å². The highest BCUT2D eigenvalue weighted by Gasteiger charge is 2.37. The zero-order valence-electron chi connectivity index (χ0n) is 12.8. The highest BCUT2D eigenvalue weighted by Crippen LogP contribution is 2.39. The third kappa shape index (κ3) is 2.79. The molecule has 0 spiro atoms. The molecule has 1 saturated carbocycles. The number of carbonyl (C=O) groups excluding carboxylic acids is 1. The molecule has 122 valence electrons. The second-order valence-corrected chi connectivity index (χ2v) is 7.38. The Balaban J connectivity index is 1.54. The monoisotopic (exact) mass is 332 g/mol. The minimum absolute atomic E-state index is 0.0533. The molecule has 2 aromatic heterocycles. The van der Waals surface area contributed by atoms with E-state index in [4.69, 9.17) is 0 Å². The van der Waals surface area contributed by atoms with Gasteiger partial charge < -0.3 is 15.0 Å². The fourth-order valence-electron chi connectivity index (χ4n) is 3.47. The van der Waals surface area contributed by atoms with Crippen molar-refractivity contribution in [2.75, 3.05) is 0 Å². The number of rotatable bonds is 4. The Hall–Kier alpha value is -1.73. The maximum atomic E-state index is 12.7. The predicted molar refractivity (Wildman–Crippen MR) is 86.2 cm³/mol. The van der Waals surface area contributed by atoms with Crippen LogP contribution in [0.25, 0.3) is 0 Å². The number of nitrogens with one attached hydrogen (secondary N) is 1. The standard InChI is InChI=1S/C16H20N4O2S/c21-11-8-10(9-11)14(12-4-3-7-23-12)17-16(22)15-19-18-13-5-1-2-6-20(13)15/h3-4,7,10-11,14,21H,1-2,5-6,8-9H2,(H,17,22)/t10?,11?,14-/m1/s1. The van der Waals surface area contributed by atoms with Gasteiger partial charge in [0.15, 0.2) is 0 Å². The van der Waals surface area contributed by atoms with Gasteiger partial charge in [-0.15, -0.1) is 21.5 Å². The highest BCUT2D eigenvalue weighted by molar-refractivity contribution is 7.10. The van der Waals surface area contributed by atoms with Gasteiger partial charge in [-0.05, 0) is 43.0 Å². The molecular formula is C16H20N4O2S. The molecule has 0 unspecified atom stereocenters. The average molecular weight is 332 g/mol. The summed E-state index contributed by atoms with van der Waals surface area (Å²) >= 11 is 1.64. The van der Waals surface area contributed by atoms with Gasteiger partial charge in [0.1, 0.15) is 5.82 Å². The summed E-state index contributed by atoms with van der Waals surface area (Å²) in [6, 6.07) is 3.98.